The van der Waals surface area contributed by atoms with Crippen LogP contribution in [-0.2, 0) is 36.9 Å². The fraction of sp³-hybridized carbons (Fsp3) is 0.333. The van der Waals surface area contributed by atoms with Crippen LogP contribution in [0.25, 0.3) is 11.1 Å². The third-order valence-corrected chi connectivity index (χ3v) is 9.59. The lowest BCUT2D eigenvalue weighted by molar-refractivity contribution is -0.155. The van der Waals surface area contributed by atoms with E-state index in [4.69, 9.17) is 9.47 Å². The number of rotatable bonds is 13. The number of fused-ring (bicyclic) bond motifs is 3. The number of alkyl carbamates (subject to hydrolysis) is 1. The summed E-state index contributed by atoms with van der Waals surface area (Å²) in [5, 5.41) is 5.73. The van der Waals surface area contributed by atoms with Crippen LogP contribution in [0.5, 0.6) is 0 Å². The molecule has 0 saturated carbocycles. The maximum atomic E-state index is 14.1. The molecule has 1 aliphatic carbocycles. The van der Waals surface area contributed by atoms with Gasteiger partial charge in [0.15, 0.2) is 0 Å². The third kappa shape index (κ3) is 8.66. The van der Waals surface area contributed by atoms with E-state index in [1.807, 2.05) is 111 Å². The maximum Gasteiger partial charge on any atom is 0.407 e. The second-order valence-corrected chi connectivity index (χ2v) is 13.7. The number of carbonyl (C=O) groups excluding carboxylic acids is 4. The fourth-order valence-electron chi connectivity index (χ4n) is 7.11. The molecular weight excluding hydrogens is 642 g/mol. The first-order valence-electron chi connectivity index (χ1n) is 17.7. The molecule has 1 heterocycles. The number of benzene rings is 4. The Morgan fingerprint density at radius 1 is 0.725 bits per heavy atom. The predicted molar refractivity (Wildman–Crippen MR) is 194 cm³/mol. The summed E-state index contributed by atoms with van der Waals surface area (Å²) in [5.41, 5.74) is 6.11. The molecule has 1 saturated heterocycles. The molecule has 51 heavy (non-hydrogen) atoms. The third-order valence-electron chi connectivity index (χ3n) is 9.59. The van der Waals surface area contributed by atoms with Crippen LogP contribution in [0.2, 0.25) is 0 Å². The first-order chi connectivity index (χ1) is 24.8. The minimum absolute atomic E-state index is 0.0630. The first-order valence-corrected chi connectivity index (χ1v) is 17.7. The topological polar surface area (TPSA) is 114 Å². The average molecular weight is 688 g/mol. The van der Waals surface area contributed by atoms with Crippen molar-refractivity contribution in [3.8, 4) is 11.1 Å². The van der Waals surface area contributed by atoms with Gasteiger partial charge in [0, 0.05) is 18.9 Å². The summed E-state index contributed by atoms with van der Waals surface area (Å²) in [6, 6.07) is 32.3. The molecule has 6 rings (SSSR count). The van der Waals surface area contributed by atoms with Crippen molar-refractivity contribution in [2.24, 2.45) is 5.92 Å². The van der Waals surface area contributed by atoms with Crippen LogP contribution in [-0.4, -0.2) is 60.1 Å². The number of hydrogen-bond acceptors (Lipinski definition) is 6. The molecule has 0 spiro atoms. The van der Waals surface area contributed by atoms with Crippen LogP contribution in [0.1, 0.15) is 61.3 Å². The van der Waals surface area contributed by atoms with E-state index in [-0.39, 0.29) is 37.4 Å². The Morgan fingerprint density at radius 2 is 1.31 bits per heavy atom. The van der Waals surface area contributed by atoms with Gasteiger partial charge < -0.3 is 25.0 Å². The molecule has 0 aromatic heterocycles. The molecule has 2 aliphatic rings. The van der Waals surface area contributed by atoms with E-state index >= 15 is 0 Å². The molecule has 3 atom stereocenters. The van der Waals surface area contributed by atoms with Crippen molar-refractivity contribution in [2.75, 3.05) is 13.2 Å². The van der Waals surface area contributed by atoms with Crippen LogP contribution >= 0.6 is 0 Å². The summed E-state index contributed by atoms with van der Waals surface area (Å²) < 4.78 is 11.4. The molecule has 1 aliphatic heterocycles. The lowest BCUT2D eigenvalue weighted by atomic mass is 9.98. The van der Waals surface area contributed by atoms with Gasteiger partial charge in [0.1, 0.15) is 31.3 Å². The standard InChI is InChI=1S/C42H45N3O6/c1-28(2)24-37(40(47)45-23-13-22-38(45)41(48)50-26-30-16-7-4-8-17-30)43-39(46)36(25-29-14-5-3-6-15-29)44-42(49)51-27-35-33-20-11-9-18-31(33)32-19-10-12-21-34(32)35/h3-12,14-21,28,35-38H,13,22-27H2,1-2H3,(H,43,46)(H,44,49)/t36-,37-,38-/m0/s1. The number of likely N-dealkylation sites (tertiary alicyclic amines) is 1. The quantitative estimate of drug-likeness (QED) is 0.157. The minimum Gasteiger partial charge on any atom is -0.459 e. The van der Waals surface area contributed by atoms with E-state index in [1.54, 1.807) is 0 Å². The van der Waals surface area contributed by atoms with E-state index in [1.165, 1.54) is 4.90 Å². The van der Waals surface area contributed by atoms with Crippen LogP contribution in [0, 0.1) is 5.92 Å². The number of amides is 3. The number of ether oxygens (including phenoxy) is 2. The molecule has 9 heteroatoms. The summed E-state index contributed by atoms with van der Waals surface area (Å²) in [7, 11) is 0. The molecular formula is C42H45N3O6. The molecule has 0 bridgehead atoms. The van der Waals surface area contributed by atoms with Crippen LogP contribution in [0.4, 0.5) is 4.79 Å². The SMILES string of the molecule is CC(C)C[C@H](NC(=O)[C@H](Cc1ccccc1)NC(=O)OCC1c2ccccc2-c2ccccc21)C(=O)N1CCC[C@H]1C(=O)OCc1ccccc1. The highest BCUT2D eigenvalue weighted by atomic mass is 16.5. The summed E-state index contributed by atoms with van der Waals surface area (Å²) >= 11 is 0. The zero-order valence-corrected chi connectivity index (χ0v) is 29.1. The summed E-state index contributed by atoms with van der Waals surface area (Å²) in [6.45, 7) is 4.55. The van der Waals surface area contributed by atoms with E-state index in [2.05, 4.69) is 22.8 Å². The van der Waals surface area contributed by atoms with E-state index in [0.29, 0.717) is 25.8 Å². The van der Waals surface area contributed by atoms with Gasteiger partial charge in [-0.25, -0.2) is 9.59 Å². The van der Waals surface area contributed by atoms with Crippen molar-refractivity contribution in [1.82, 2.24) is 15.5 Å². The van der Waals surface area contributed by atoms with Gasteiger partial charge in [0.05, 0.1) is 0 Å². The van der Waals surface area contributed by atoms with Gasteiger partial charge in [0.2, 0.25) is 11.8 Å². The molecule has 264 valence electrons. The van der Waals surface area contributed by atoms with Crippen LogP contribution in [0.15, 0.2) is 109 Å². The van der Waals surface area contributed by atoms with Crippen molar-refractivity contribution in [1.29, 1.82) is 0 Å². The highest BCUT2D eigenvalue weighted by Crippen LogP contribution is 2.44. The highest BCUT2D eigenvalue weighted by molar-refractivity contribution is 5.93. The second kappa shape index (κ2) is 16.5. The molecule has 1 fully saturated rings. The minimum atomic E-state index is -1.02. The molecule has 4 aromatic rings. The number of carbonyl (C=O) groups is 4. The van der Waals surface area contributed by atoms with E-state index in [9.17, 15) is 19.2 Å². The van der Waals surface area contributed by atoms with Gasteiger partial charge in [-0.3, -0.25) is 9.59 Å². The Labute approximate surface area is 299 Å². The summed E-state index contributed by atoms with van der Waals surface area (Å²) in [6.07, 6.45) is 0.967. The fourth-order valence-corrected chi connectivity index (χ4v) is 7.11. The van der Waals surface area contributed by atoms with Gasteiger partial charge in [-0.1, -0.05) is 123 Å². The second-order valence-electron chi connectivity index (χ2n) is 13.7. The van der Waals surface area contributed by atoms with Crippen molar-refractivity contribution < 1.29 is 28.7 Å². The Kier molecular flexibility index (Phi) is 11.5. The Bertz CT molecular complexity index is 1780. The summed E-state index contributed by atoms with van der Waals surface area (Å²) in [5.74, 6) is -1.37. The number of esters is 1. The van der Waals surface area contributed by atoms with E-state index in [0.717, 1.165) is 33.4 Å². The predicted octanol–water partition coefficient (Wildman–Crippen LogP) is 6.40. The van der Waals surface area contributed by atoms with Gasteiger partial charge in [-0.2, -0.15) is 0 Å². The molecule has 0 unspecified atom stereocenters. The Hall–Kier alpha value is -5.44. The Balaban J connectivity index is 1.14. The average Bonchev–Trinajstić information content (AvgIpc) is 3.76. The van der Waals surface area contributed by atoms with Crippen molar-refractivity contribution in [3.63, 3.8) is 0 Å². The van der Waals surface area contributed by atoms with Crippen LogP contribution in [0.3, 0.4) is 0 Å². The van der Waals surface area contributed by atoms with E-state index < -0.39 is 36.1 Å². The lowest BCUT2D eigenvalue weighted by Gasteiger charge is -2.30. The molecule has 2 N–H and O–H groups in total. The molecule has 0 radical (unpaired) electrons. The summed E-state index contributed by atoms with van der Waals surface area (Å²) in [4.78, 5) is 56.1. The highest BCUT2D eigenvalue weighted by Gasteiger charge is 2.39. The zero-order chi connectivity index (χ0) is 35.7. The molecule has 4 aromatic carbocycles. The molecule has 3 amide bonds. The molecule has 9 nitrogen and oxygen atoms in total. The van der Waals surface area contributed by atoms with Crippen molar-refractivity contribution in [2.45, 2.75) is 70.2 Å². The number of nitrogens with zero attached hydrogens (tertiary/aromatic N) is 1. The number of nitrogens with one attached hydrogen (secondary N) is 2. The largest absolute Gasteiger partial charge is 0.459 e. The first kappa shape index (κ1) is 35.4. The van der Waals surface area contributed by atoms with Gasteiger partial charge in [0.25, 0.3) is 0 Å². The van der Waals surface area contributed by atoms with Crippen molar-refractivity contribution >= 4 is 23.9 Å². The van der Waals surface area contributed by atoms with Gasteiger partial charge in [-0.15, -0.1) is 0 Å². The maximum absolute atomic E-state index is 14.1. The number of hydrogen-bond donors (Lipinski definition) is 2. The normalized spacial score (nSPS) is 16.1. The van der Waals surface area contributed by atoms with Gasteiger partial charge >= 0.3 is 12.1 Å². The van der Waals surface area contributed by atoms with Crippen LogP contribution < -0.4 is 10.6 Å². The Morgan fingerprint density at radius 3 is 1.94 bits per heavy atom. The lowest BCUT2D eigenvalue weighted by Crippen LogP contribution is -2.56. The monoisotopic (exact) mass is 687 g/mol. The zero-order valence-electron chi connectivity index (χ0n) is 29.1. The van der Waals surface area contributed by atoms with Gasteiger partial charge in [-0.05, 0) is 58.6 Å². The van der Waals surface area contributed by atoms with Crippen molar-refractivity contribution in [3.05, 3.63) is 131 Å². The smallest absolute Gasteiger partial charge is 0.407 e.